The lowest BCUT2D eigenvalue weighted by Crippen LogP contribution is -2.31. The molecule has 2 N–H and O–H groups in total. The number of nitrogens with one attached hydrogen (secondary N) is 1. The average Bonchev–Trinajstić information content (AvgIpc) is 2.78. The molecule has 6 heteroatoms. The van der Waals surface area contributed by atoms with Crippen LogP contribution in [0.15, 0.2) is 70.4 Å². The van der Waals surface area contributed by atoms with Gasteiger partial charge in [0.2, 0.25) is 0 Å². The second-order valence-electron chi connectivity index (χ2n) is 7.29. The highest BCUT2D eigenvalue weighted by atomic mass is 32.2. The number of methoxy groups -OCH3 is 1. The van der Waals surface area contributed by atoms with Crippen molar-refractivity contribution in [2.45, 2.75) is 30.9 Å². The minimum absolute atomic E-state index is 0.0283. The zero-order valence-electron chi connectivity index (χ0n) is 16.6. The third-order valence-electron chi connectivity index (χ3n) is 5.43. The first-order valence-electron chi connectivity index (χ1n) is 9.83. The summed E-state index contributed by atoms with van der Waals surface area (Å²) in [6.45, 7) is 0. The lowest BCUT2D eigenvalue weighted by Gasteiger charge is -2.33. The van der Waals surface area contributed by atoms with Crippen LogP contribution >= 0.6 is 11.8 Å². The van der Waals surface area contributed by atoms with Crippen molar-refractivity contribution >= 4 is 17.5 Å². The highest BCUT2D eigenvalue weighted by molar-refractivity contribution is 8.02. The summed E-state index contributed by atoms with van der Waals surface area (Å²) in [7, 11) is 1.49. The van der Waals surface area contributed by atoms with Gasteiger partial charge in [-0.3, -0.25) is 4.79 Å². The number of carbonyl (C=O) groups is 1. The van der Waals surface area contributed by atoms with Crippen LogP contribution in [-0.4, -0.2) is 18.0 Å². The second kappa shape index (κ2) is 8.68. The van der Waals surface area contributed by atoms with Gasteiger partial charge in [0.15, 0.2) is 17.3 Å². The highest BCUT2D eigenvalue weighted by Gasteiger charge is 2.37. The molecule has 0 fully saturated rings. The smallest absolute Gasteiger partial charge is 0.161 e. The van der Waals surface area contributed by atoms with E-state index in [0.717, 1.165) is 40.4 Å². The molecule has 0 saturated carbocycles. The predicted molar refractivity (Wildman–Crippen MR) is 117 cm³/mol. The summed E-state index contributed by atoms with van der Waals surface area (Å²) in [5, 5.41) is 24.3. The van der Waals surface area contributed by atoms with Crippen molar-refractivity contribution < 1.29 is 14.6 Å². The molecule has 1 aliphatic heterocycles. The average molecular weight is 419 g/mol. The number of Topliss-reactive ketones (excluding diaryl/α,β-unsaturated/α-hetero) is 1. The Labute approximate surface area is 180 Å². The third kappa shape index (κ3) is 3.81. The van der Waals surface area contributed by atoms with Gasteiger partial charge < -0.3 is 15.2 Å². The van der Waals surface area contributed by atoms with Gasteiger partial charge in [-0.05, 0) is 36.1 Å². The summed E-state index contributed by atoms with van der Waals surface area (Å²) < 4.78 is 5.27. The van der Waals surface area contributed by atoms with Crippen LogP contribution in [0, 0.1) is 11.3 Å². The molecular formula is C24H22N2O3S. The van der Waals surface area contributed by atoms with E-state index in [0.29, 0.717) is 23.3 Å². The number of aromatic hydroxyl groups is 1. The van der Waals surface area contributed by atoms with E-state index < -0.39 is 5.92 Å². The van der Waals surface area contributed by atoms with E-state index in [1.54, 1.807) is 30.0 Å². The fourth-order valence-corrected chi connectivity index (χ4v) is 4.99. The fraction of sp³-hybridized carbons (Fsp3) is 0.250. The standard InChI is InChI=1S/C24H22N2O3S/c1-29-21-12-16(10-11-19(21)27)22-17(13-25)24(30-14-15-6-3-2-4-7-15)26-18-8-5-9-20(28)23(18)22/h2-4,6-7,10-12,22,26-27H,5,8-9,14H2,1H3/t22-/m0/s1. The van der Waals surface area contributed by atoms with Gasteiger partial charge in [0.1, 0.15) is 0 Å². The Hall–Kier alpha value is -3.17. The summed E-state index contributed by atoms with van der Waals surface area (Å²) >= 11 is 1.57. The Morgan fingerprint density at radius 1 is 1.23 bits per heavy atom. The van der Waals surface area contributed by atoms with Crippen LogP contribution in [0.3, 0.4) is 0 Å². The van der Waals surface area contributed by atoms with Crippen LogP contribution in [0.4, 0.5) is 0 Å². The summed E-state index contributed by atoms with van der Waals surface area (Å²) in [5.74, 6) is 0.677. The predicted octanol–water partition coefficient (Wildman–Crippen LogP) is 4.76. The van der Waals surface area contributed by atoms with Crippen molar-refractivity contribution in [3.63, 3.8) is 0 Å². The van der Waals surface area contributed by atoms with Gasteiger partial charge in [-0.2, -0.15) is 5.26 Å². The van der Waals surface area contributed by atoms with Gasteiger partial charge >= 0.3 is 0 Å². The molecular weight excluding hydrogens is 396 g/mol. The van der Waals surface area contributed by atoms with Gasteiger partial charge in [0.25, 0.3) is 0 Å². The van der Waals surface area contributed by atoms with Crippen molar-refractivity contribution in [1.29, 1.82) is 5.26 Å². The molecule has 0 radical (unpaired) electrons. The first kappa shape index (κ1) is 20.1. The lowest BCUT2D eigenvalue weighted by atomic mass is 9.77. The first-order chi connectivity index (χ1) is 14.6. The minimum atomic E-state index is -0.466. The first-order valence-corrected chi connectivity index (χ1v) is 10.8. The fourth-order valence-electron chi connectivity index (χ4n) is 3.97. The Balaban J connectivity index is 1.78. The number of hydrogen-bond donors (Lipinski definition) is 2. The van der Waals surface area contributed by atoms with Gasteiger partial charge in [-0.25, -0.2) is 0 Å². The number of thioether (sulfide) groups is 1. The third-order valence-corrected chi connectivity index (χ3v) is 6.51. The Bertz CT molecular complexity index is 1080. The normalized spacial score (nSPS) is 18.5. The number of carbonyl (C=O) groups excluding carboxylic acids is 1. The Morgan fingerprint density at radius 2 is 2.03 bits per heavy atom. The van der Waals surface area contributed by atoms with Gasteiger partial charge in [0, 0.05) is 23.4 Å². The topological polar surface area (TPSA) is 82.3 Å². The number of phenols is 1. The van der Waals surface area contributed by atoms with Crippen molar-refractivity contribution in [2.24, 2.45) is 0 Å². The largest absolute Gasteiger partial charge is 0.504 e. The number of allylic oxidation sites excluding steroid dienone is 3. The number of benzene rings is 2. The molecule has 0 unspecified atom stereocenters. The summed E-state index contributed by atoms with van der Waals surface area (Å²) in [6.07, 6.45) is 2.06. The number of phenolic OH excluding ortho intramolecular Hbond substituents is 1. The number of nitrogens with zero attached hydrogens (tertiary/aromatic N) is 1. The van der Waals surface area contributed by atoms with Crippen molar-refractivity contribution in [2.75, 3.05) is 7.11 Å². The SMILES string of the molecule is COc1cc([C@H]2C(C#N)=C(SCc3ccccc3)NC3=C2C(=O)CCC3)ccc1O. The molecule has 2 aromatic carbocycles. The lowest BCUT2D eigenvalue weighted by molar-refractivity contribution is -0.116. The quantitative estimate of drug-likeness (QED) is 0.728. The maximum atomic E-state index is 12.9. The van der Waals surface area contributed by atoms with Gasteiger partial charge in [-0.1, -0.05) is 36.4 Å². The minimum Gasteiger partial charge on any atom is -0.504 e. The Kier molecular flexibility index (Phi) is 5.82. The van der Waals surface area contributed by atoms with Crippen LogP contribution in [0.5, 0.6) is 11.5 Å². The van der Waals surface area contributed by atoms with E-state index >= 15 is 0 Å². The zero-order valence-corrected chi connectivity index (χ0v) is 17.5. The molecule has 0 aromatic heterocycles. The summed E-state index contributed by atoms with van der Waals surface area (Å²) in [6, 6.07) is 17.5. The molecule has 0 spiro atoms. The van der Waals surface area contributed by atoms with E-state index in [9.17, 15) is 15.2 Å². The number of dihydropyridines is 1. The number of hydrogen-bond acceptors (Lipinski definition) is 6. The maximum absolute atomic E-state index is 12.9. The van der Waals surface area contributed by atoms with E-state index in [1.165, 1.54) is 7.11 Å². The van der Waals surface area contributed by atoms with Crippen LogP contribution in [0.1, 0.15) is 36.3 Å². The van der Waals surface area contributed by atoms with Crippen LogP contribution < -0.4 is 10.1 Å². The molecule has 1 aliphatic carbocycles. The molecule has 0 bridgehead atoms. The van der Waals surface area contributed by atoms with E-state index in [4.69, 9.17) is 4.74 Å². The van der Waals surface area contributed by atoms with Crippen LogP contribution in [0.25, 0.3) is 0 Å². The molecule has 1 atom stereocenters. The van der Waals surface area contributed by atoms with Gasteiger partial charge in [-0.15, -0.1) is 11.8 Å². The van der Waals surface area contributed by atoms with Gasteiger partial charge in [0.05, 0.1) is 29.7 Å². The summed E-state index contributed by atoms with van der Waals surface area (Å²) in [4.78, 5) is 12.9. The number of ketones is 1. The number of rotatable bonds is 5. The van der Waals surface area contributed by atoms with Crippen molar-refractivity contribution in [3.8, 4) is 17.6 Å². The van der Waals surface area contributed by atoms with Crippen molar-refractivity contribution in [1.82, 2.24) is 5.32 Å². The Morgan fingerprint density at radius 3 is 2.77 bits per heavy atom. The highest BCUT2D eigenvalue weighted by Crippen LogP contribution is 2.45. The monoisotopic (exact) mass is 418 g/mol. The van der Waals surface area contributed by atoms with Crippen LogP contribution in [0.2, 0.25) is 0 Å². The number of ether oxygens (including phenoxy) is 1. The second-order valence-corrected chi connectivity index (χ2v) is 8.27. The summed E-state index contributed by atoms with van der Waals surface area (Å²) in [5.41, 5.74) is 4.02. The molecule has 30 heavy (non-hydrogen) atoms. The molecule has 4 rings (SSSR count). The van der Waals surface area contributed by atoms with Crippen LogP contribution in [-0.2, 0) is 10.5 Å². The maximum Gasteiger partial charge on any atom is 0.161 e. The molecule has 2 aromatic rings. The van der Waals surface area contributed by atoms with E-state index in [2.05, 4.69) is 23.5 Å². The molecule has 0 amide bonds. The van der Waals surface area contributed by atoms with Crippen molar-refractivity contribution in [3.05, 3.63) is 81.5 Å². The molecule has 152 valence electrons. The van der Waals surface area contributed by atoms with E-state index in [-0.39, 0.29) is 11.5 Å². The molecule has 5 nitrogen and oxygen atoms in total. The number of nitriles is 1. The van der Waals surface area contributed by atoms with E-state index in [1.807, 2.05) is 18.2 Å². The molecule has 0 saturated heterocycles. The molecule has 1 heterocycles. The zero-order chi connectivity index (χ0) is 21.1. The molecule has 2 aliphatic rings.